The number of amides is 2. The zero-order chi connectivity index (χ0) is 29.7. The van der Waals surface area contributed by atoms with Gasteiger partial charge in [-0.05, 0) is 58.2 Å². The van der Waals surface area contributed by atoms with E-state index >= 15 is 0 Å². The highest BCUT2D eigenvalue weighted by Gasteiger charge is 2.32. The Labute approximate surface area is 239 Å². The van der Waals surface area contributed by atoms with Crippen molar-refractivity contribution in [2.24, 2.45) is 0 Å². The van der Waals surface area contributed by atoms with Gasteiger partial charge in [-0.15, -0.1) is 0 Å². The molecule has 216 valence electrons. The van der Waals surface area contributed by atoms with E-state index in [-0.39, 0.29) is 36.8 Å². The van der Waals surface area contributed by atoms with Crippen LogP contribution in [-0.2, 0) is 6.54 Å². The predicted molar refractivity (Wildman–Crippen MR) is 156 cm³/mol. The van der Waals surface area contributed by atoms with Crippen molar-refractivity contribution < 1.29 is 19.2 Å². The molecular formula is C31H37N5O5. The fourth-order valence-electron chi connectivity index (χ4n) is 5.06. The topological polar surface area (TPSA) is 122 Å². The Morgan fingerprint density at radius 2 is 1.66 bits per heavy atom. The van der Waals surface area contributed by atoms with Gasteiger partial charge in [0.25, 0.3) is 17.2 Å². The molecule has 10 heteroatoms. The molecule has 0 saturated heterocycles. The first kappa shape index (κ1) is 29.5. The van der Waals surface area contributed by atoms with Gasteiger partial charge in [0, 0.05) is 24.2 Å². The number of aryl methyl sites for hydroxylation is 1. The largest absolute Gasteiger partial charge is 0.465 e. The molecule has 1 N–H and O–H groups in total. The van der Waals surface area contributed by atoms with Crippen LogP contribution in [-0.4, -0.2) is 60.2 Å². The smallest absolute Gasteiger partial charge is 0.407 e. The van der Waals surface area contributed by atoms with Crippen molar-refractivity contribution in [3.8, 4) is 0 Å². The van der Waals surface area contributed by atoms with Crippen LogP contribution in [0.4, 0.5) is 4.79 Å². The summed E-state index contributed by atoms with van der Waals surface area (Å²) in [5.74, 6) is 0.157. The molecule has 4 aromatic rings. The Morgan fingerprint density at radius 3 is 2.24 bits per heavy atom. The number of nitrogens with zero attached hydrogens (tertiary/aromatic N) is 5. The lowest BCUT2D eigenvalue weighted by Gasteiger charge is -2.35. The SMILES string of the molecule is CCC(c1nc2onc(C)c2c(=O)n1Cc1ccccc1)N(CCCN(C(=O)O)C(C)(C)C)C(=O)c1ccccc1. The summed E-state index contributed by atoms with van der Waals surface area (Å²) in [6, 6.07) is 17.9. The van der Waals surface area contributed by atoms with Crippen LogP contribution in [0.3, 0.4) is 0 Å². The molecule has 0 saturated carbocycles. The summed E-state index contributed by atoms with van der Waals surface area (Å²) in [7, 11) is 0. The first-order valence-electron chi connectivity index (χ1n) is 13.8. The van der Waals surface area contributed by atoms with Crippen molar-refractivity contribution in [3.05, 3.63) is 93.7 Å². The molecule has 1 atom stereocenters. The average Bonchev–Trinajstić information content (AvgIpc) is 3.32. The Bertz CT molecular complexity index is 1560. The molecule has 0 spiro atoms. The van der Waals surface area contributed by atoms with Crippen LogP contribution in [0, 0.1) is 6.92 Å². The van der Waals surface area contributed by atoms with E-state index in [0.717, 1.165) is 5.56 Å². The van der Waals surface area contributed by atoms with Crippen LogP contribution in [0.5, 0.6) is 0 Å². The number of aromatic nitrogens is 3. The van der Waals surface area contributed by atoms with Crippen LogP contribution in [0.2, 0.25) is 0 Å². The Balaban J connectivity index is 1.80. The van der Waals surface area contributed by atoms with Crippen molar-refractivity contribution >= 4 is 23.1 Å². The van der Waals surface area contributed by atoms with E-state index in [4.69, 9.17) is 9.51 Å². The van der Waals surface area contributed by atoms with Crippen LogP contribution in [0.1, 0.15) is 74.0 Å². The first-order chi connectivity index (χ1) is 19.5. The number of carbonyl (C=O) groups is 2. The van der Waals surface area contributed by atoms with Gasteiger partial charge in [0.15, 0.2) is 0 Å². The van der Waals surface area contributed by atoms with E-state index in [9.17, 15) is 19.5 Å². The van der Waals surface area contributed by atoms with E-state index in [0.29, 0.717) is 35.3 Å². The van der Waals surface area contributed by atoms with Gasteiger partial charge in [-0.3, -0.25) is 14.2 Å². The minimum atomic E-state index is -1.02. The summed E-state index contributed by atoms with van der Waals surface area (Å²) >= 11 is 0. The molecule has 0 aliphatic carbocycles. The van der Waals surface area contributed by atoms with Crippen molar-refractivity contribution in [2.45, 2.75) is 65.6 Å². The van der Waals surface area contributed by atoms with E-state index < -0.39 is 17.7 Å². The summed E-state index contributed by atoms with van der Waals surface area (Å²) in [5, 5.41) is 14.1. The lowest BCUT2D eigenvalue weighted by Crippen LogP contribution is -2.46. The number of hydrogen-bond donors (Lipinski definition) is 1. The summed E-state index contributed by atoms with van der Waals surface area (Å²) in [6.07, 6.45) is -0.166. The summed E-state index contributed by atoms with van der Waals surface area (Å²) in [6.45, 7) is 9.89. The monoisotopic (exact) mass is 559 g/mol. The highest BCUT2D eigenvalue weighted by Crippen LogP contribution is 2.27. The summed E-state index contributed by atoms with van der Waals surface area (Å²) < 4.78 is 7.02. The number of hydrogen-bond acceptors (Lipinski definition) is 6. The molecule has 0 bridgehead atoms. The molecular weight excluding hydrogens is 522 g/mol. The van der Waals surface area contributed by atoms with Crippen molar-refractivity contribution in [1.29, 1.82) is 0 Å². The molecule has 4 rings (SSSR count). The summed E-state index contributed by atoms with van der Waals surface area (Å²) in [4.78, 5) is 47.6. The van der Waals surface area contributed by atoms with Crippen molar-refractivity contribution in [1.82, 2.24) is 24.5 Å². The number of rotatable bonds is 10. The van der Waals surface area contributed by atoms with Gasteiger partial charge < -0.3 is 19.4 Å². The Hall–Kier alpha value is -4.47. The highest BCUT2D eigenvalue weighted by molar-refractivity contribution is 5.94. The second-order valence-electron chi connectivity index (χ2n) is 11.0. The number of carboxylic acid groups (broad SMARTS) is 1. The van der Waals surface area contributed by atoms with Gasteiger partial charge in [0.2, 0.25) is 0 Å². The van der Waals surface area contributed by atoms with Gasteiger partial charge >= 0.3 is 6.09 Å². The molecule has 0 fully saturated rings. The molecule has 0 aliphatic rings. The Kier molecular flexibility index (Phi) is 8.90. The fourth-order valence-corrected chi connectivity index (χ4v) is 5.06. The number of carbonyl (C=O) groups excluding carboxylic acids is 1. The zero-order valence-electron chi connectivity index (χ0n) is 24.2. The predicted octanol–water partition coefficient (Wildman–Crippen LogP) is 5.50. The zero-order valence-corrected chi connectivity index (χ0v) is 24.2. The normalized spacial score (nSPS) is 12.3. The lowest BCUT2D eigenvalue weighted by atomic mass is 10.1. The van der Waals surface area contributed by atoms with Crippen LogP contribution >= 0.6 is 0 Å². The molecule has 41 heavy (non-hydrogen) atoms. The van der Waals surface area contributed by atoms with Gasteiger partial charge in [-0.1, -0.05) is 60.6 Å². The minimum absolute atomic E-state index is 0.127. The molecule has 2 aromatic carbocycles. The maximum absolute atomic E-state index is 14.0. The molecule has 10 nitrogen and oxygen atoms in total. The molecule has 2 aromatic heterocycles. The second kappa shape index (κ2) is 12.4. The summed E-state index contributed by atoms with van der Waals surface area (Å²) in [5.41, 5.74) is 1.09. The number of benzene rings is 2. The fraction of sp³-hybridized carbons (Fsp3) is 0.387. The number of fused-ring (bicyclic) bond motifs is 1. The van der Waals surface area contributed by atoms with E-state index in [1.165, 1.54) is 4.90 Å². The van der Waals surface area contributed by atoms with Crippen LogP contribution in [0.15, 0.2) is 70.0 Å². The van der Waals surface area contributed by atoms with E-state index in [1.807, 2.05) is 64.1 Å². The van der Waals surface area contributed by atoms with Crippen LogP contribution < -0.4 is 5.56 Å². The second-order valence-corrected chi connectivity index (χ2v) is 11.0. The third-order valence-electron chi connectivity index (χ3n) is 7.14. The standard InChI is InChI=1S/C31H37N5O5/c1-6-24(26-32-27-25(21(2)33-41-27)29(38)35(26)20-22-14-9-7-10-15-22)34(28(37)23-16-11-8-12-17-23)18-13-19-36(30(39)40)31(3,4)5/h7-12,14-17,24H,6,13,18-20H2,1-5H3,(H,39,40). The Morgan fingerprint density at radius 1 is 1.02 bits per heavy atom. The van der Waals surface area contributed by atoms with Crippen molar-refractivity contribution in [3.63, 3.8) is 0 Å². The molecule has 1 unspecified atom stereocenters. The first-order valence-corrected chi connectivity index (χ1v) is 13.8. The highest BCUT2D eigenvalue weighted by atomic mass is 16.5. The molecule has 2 heterocycles. The van der Waals surface area contributed by atoms with Gasteiger partial charge in [-0.25, -0.2) is 4.79 Å². The van der Waals surface area contributed by atoms with Gasteiger partial charge in [0.05, 0.1) is 18.3 Å². The molecule has 0 aliphatic heterocycles. The third kappa shape index (κ3) is 6.48. The van der Waals surface area contributed by atoms with E-state index in [2.05, 4.69) is 5.16 Å². The van der Waals surface area contributed by atoms with Crippen molar-refractivity contribution in [2.75, 3.05) is 13.1 Å². The minimum Gasteiger partial charge on any atom is -0.465 e. The quantitative estimate of drug-likeness (QED) is 0.272. The van der Waals surface area contributed by atoms with Crippen LogP contribution in [0.25, 0.3) is 11.1 Å². The lowest BCUT2D eigenvalue weighted by molar-refractivity contribution is 0.0628. The van der Waals surface area contributed by atoms with E-state index in [1.54, 1.807) is 40.7 Å². The van der Waals surface area contributed by atoms with Gasteiger partial charge in [-0.2, -0.15) is 4.98 Å². The maximum atomic E-state index is 14.0. The third-order valence-corrected chi connectivity index (χ3v) is 7.14. The maximum Gasteiger partial charge on any atom is 0.407 e. The average molecular weight is 560 g/mol. The van der Waals surface area contributed by atoms with Gasteiger partial charge in [0.1, 0.15) is 11.2 Å². The molecule has 0 radical (unpaired) electrons. The molecule has 2 amide bonds.